The lowest BCUT2D eigenvalue weighted by Gasteiger charge is -2.14. The summed E-state index contributed by atoms with van der Waals surface area (Å²) in [6.45, 7) is 4.11. The third-order valence-corrected chi connectivity index (χ3v) is 4.52. The predicted octanol–water partition coefficient (Wildman–Crippen LogP) is 4.36. The van der Waals surface area contributed by atoms with Crippen LogP contribution in [0, 0.1) is 6.92 Å². The Balaban J connectivity index is 1.82. The van der Waals surface area contributed by atoms with Crippen molar-refractivity contribution >= 4 is 23.2 Å². The molecule has 1 amide bonds. The van der Waals surface area contributed by atoms with Crippen LogP contribution in [0.15, 0.2) is 48.7 Å². The normalized spacial score (nSPS) is 10.3. The fourth-order valence-corrected chi connectivity index (χ4v) is 2.95. The average Bonchev–Trinajstić information content (AvgIpc) is 2.75. The zero-order chi connectivity index (χ0) is 20.8. The molecule has 0 saturated carbocycles. The zero-order valence-corrected chi connectivity index (χ0v) is 16.9. The maximum absolute atomic E-state index is 12.7. The van der Waals surface area contributed by atoms with Gasteiger partial charge in [0, 0.05) is 18.0 Å². The van der Waals surface area contributed by atoms with Gasteiger partial charge in [0.2, 0.25) is 5.95 Å². The molecule has 3 aromatic rings. The van der Waals surface area contributed by atoms with Gasteiger partial charge in [0.15, 0.2) is 0 Å². The van der Waals surface area contributed by atoms with E-state index in [4.69, 9.17) is 9.47 Å². The Bertz CT molecular complexity index is 1020. The summed E-state index contributed by atoms with van der Waals surface area (Å²) in [6.07, 6.45) is 2.43. The number of benzene rings is 2. The third-order valence-electron chi connectivity index (χ3n) is 4.52. The van der Waals surface area contributed by atoms with E-state index in [0.717, 1.165) is 23.2 Å². The number of carbonyl (C=O) groups is 1. The van der Waals surface area contributed by atoms with Crippen LogP contribution in [0.5, 0.6) is 11.5 Å². The summed E-state index contributed by atoms with van der Waals surface area (Å²) in [5.41, 5.74) is 3.98. The van der Waals surface area contributed by atoms with Gasteiger partial charge in [-0.05, 0) is 42.7 Å². The van der Waals surface area contributed by atoms with Crippen LogP contribution in [-0.2, 0) is 6.42 Å². The Kier molecular flexibility index (Phi) is 6.29. The van der Waals surface area contributed by atoms with Crippen LogP contribution in [0.25, 0.3) is 0 Å². The number of aromatic nitrogens is 2. The molecule has 0 aliphatic heterocycles. The lowest BCUT2D eigenvalue weighted by molar-refractivity contribution is 0.102. The molecule has 0 spiro atoms. The van der Waals surface area contributed by atoms with Gasteiger partial charge in [-0.25, -0.2) is 9.97 Å². The van der Waals surface area contributed by atoms with Crippen LogP contribution in [0.1, 0.15) is 28.5 Å². The first kappa shape index (κ1) is 20.1. The van der Waals surface area contributed by atoms with Crippen molar-refractivity contribution in [2.45, 2.75) is 20.3 Å². The summed E-state index contributed by atoms with van der Waals surface area (Å²) < 4.78 is 10.5. The molecule has 0 radical (unpaired) electrons. The zero-order valence-electron chi connectivity index (χ0n) is 16.9. The molecule has 0 saturated heterocycles. The first-order chi connectivity index (χ1) is 14.0. The van der Waals surface area contributed by atoms with Crippen molar-refractivity contribution in [2.75, 3.05) is 24.9 Å². The monoisotopic (exact) mass is 392 g/mol. The largest absolute Gasteiger partial charge is 0.497 e. The van der Waals surface area contributed by atoms with Gasteiger partial charge in [0.1, 0.15) is 17.2 Å². The molecule has 0 aliphatic carbocycles. The molecular formula is C22H24N4O3. The molecule has 0 atom stereocenters. The van der Waals surface area contributed by atoms with Crippen molar-refractivity contribution in [3.63, 3.8) is 0 Å². The number of ether oxygens (including phenoxy) is 2. The predicted molar refractivity (Wildman–Crippen MR) is 113 cm³/mol. The van der Waals surface area contributed by atoms with Crippen molar-refractivity contribution < 1.29 is 14.3 Å². The fraction of sp³-hybridized carbons (Fsp3) is 0.227. The lowest BCUT2D eigenvalue weighted by Crippen LogP contribution is -2.15. The standard InChI is InChI=1S/C22H24N4O3/c1-5-15-8-6-7-14(2)20(15)26-22-23-12-11-18(25-22)21(27)24-17-10-9-16(28-3)13-19(17)29-4/h6-13H,5H2,1-4H3,(H,24,27)(H,23,25,26). The van der Waals surface area contributed by atoms with Gasteiger partial charge < -0.3 is 20.1 Å². The Hall–Kier alpha value is -3.61. The smallest absolute Gasteiger partial charge is 0.274 e. The number of methoxy groups -OCH3 is 2. The van der Waals surface area contributed by atoms with Gasteiger partial charge >= 0.3 is 0 Å². The molecule has 1 heterocycles. The minimum atomic E-state index is -0.362. The summed E-state index contributed by atoms with van der Waals surface area (Å²) in [5.74, 6) is 1.14. The van der Waals surface area contributed by atoms with Crippen LogP contribution in [0.3, 0.4) is 0 Å². The summed E-state index contributed by atoms with van der Waals surface area (Å²) >= 11 is 0. The maximum Gasteiger partial charge on any atom is 0.274 e. The van der Waals surface area contributed by atoms with E-state index in [1.54, 1.807) is 37.6 Å². The Morgan fingerprint density at radius 1 is 1.10 bits per heavy atom. The first-order valence-electron chi connectivity index (χ1n) is 9.27. The summed E-state index contributed by atoms with van der Waals surface area (Å²) in [5, 5.41) is 6.06. The number of amides is 1. The van der Waals surface area contributed by atoms with Crippen molar-refractivity contribution in [2.24, 2.45) is 0 Å². The second kappa shape index (κ2) is 9.05. The number of anilines is 3. The van der Waals surface area contributed by atoms with Crippen LogP contribution >= 0.6 is 0 Å². The molecule has 0 aliphatic rings. The highest BCUT2D eigenvalue weighted by Crippen LogP contribution is 2.29. The van der Waals surface area contributed by atoms with E-state index in [0.29, 0.717) is 23.1 Å². The van der Waals surface area contributed by atoms with E-state index < -0.39 is 0 Å². The highest BCUT2D eigenvalue weighted by Gasteiger charge is 2.14. The second-order valence-electron chi connectivity index (χ2n) is 6.37. The molecule has 0 fully saturated rings. The molecule has 1 aromatic heterocycles. The van der Waals surface area contributed by atoms with Gasteiger partial charge in [-0.1, -0.05) is 25.1 Å². The van der Waals surface area contributed by atoms with Crippen molar-refractivity contribution in [1.82, 2.24) is 9.97 Å². The summed E-state index contributed by atoms with van der Waals surface area (Å²) in [4.78, 5) is 21.3. The highest BCUT2D eigenvalue weighted by atomic mass is 16.5. The van der Waals surface area contributed by atoms with E-state index in [1.807, 2.05) is 19.1 Å². The van der Waals surface area contributed by atoms with Gasteiger partial charge in [0.05, 0.1) is 19.9 Å². The molecule has 2 aromatic carbocycles. The number of nitrogens with zero attached hydrogens (tertiary/aromatic N) is 2. The number of rotatable bonds is 7. The summed E-state index contributed by atoms with van der Waals surface area (Å²) in [6, 6.07) is 12.8. The van der Waals surface area contributed by atoms with E-state index >= 15 is 0 Å². The van der Waals surface area contributed by atoms with Crippen molar-refractivity contribution in [1.29, 1.82) is 0 Å². The maximum atomic E-state index is 12.7. The molecule has 3 rings (SSSR count). The average molecular weight is 392 g/mol. The number of para-hydroxylation sites is 1. The molecule has 7 heteroatoms. The van der Waals surface area contributed by atoms with Crippen LogP contribution in [-0.4, -0.2) is 30.1 Å². The number of aryl methyl sites for hydroxylation is 2. The minimum Gasteiger partial charge on any atom is -0.497 e. The number of hydrogen-bond acceptors (Lipinski definition) is 6. The Morgan fingerprint density at radius 2 is 1.93 bits per heavy atom. The van der Waals surface area contributed by atoms with Gasteiger partial charge in [-0.15, -0.1) is 0 Å². The molecule has 0 unspecified atom stereocenters. The Morgan fingerprint density at radius 3 is 2.66 bits per heavy atom. The van der Waals surface area contributed by atoms with Crippen LogP contribution in [0.2, 0.25) is 0 Å². The third kappa shape index (κ3) is 4.63. The molecule has 7 nitrogen and oxygen atoms in total. The molecular weight excluding hydrogens is 368 g/mol. The van der Waals surface area contributed by atoms with Gasteiger partial charge in [-0.3, -0.25) is 4.79 Å². The minimum absolute atomic E-state index is 0.243. The lowest BCUT2D eigenvalue weighted by atomic mass is 10.1. The molecule has 0 bridgehead atoms. The fourth-order valence-electron chi connectivity index (χ4n) is 2.95. The van der Waals surface area contributed by atoms with Crippen molar-refractivity contribution in [3.05, 3.63) is 65.5 Å². The van der Waals surface area contributed by atoms with Crippen LogP contribution < -0.4 is 20.1 Å². The van der Waals surface area contributed by atoms with E-state index in [-0.39, 0.29) is 11.6 Å². The highest BCUT2D eigenvalue weighted by molar-refractivity contribution is 6.03. The van der Waals surface area contributed by atoms with Gasteiger partial charge in [-0.2, -0.15) is 0 Å². The van der Waals surface area contributed by atoms with Gasteiger partial charge in [0.25, 0.3) is 5.91 Å². The quantitative estimate of drug-likeness (QED) is 0.621. The van der Waals surface area contributed by atoms with Crippen molar-refractivity contribution in [3.8, 4) is 11.5 Å². The van der Waals surface area contributed by atoms with E-state index in [2.05, 4.69) is 33.6 Å². The van der Waals surface area contributed by atoms with E-state index in [1.165, 1.54) is 7.11 Å². The SMILES string of the molecule is CCc1cccc(C)c1Nc1nccc(C(=O)Nc2ccc(OC)cc2OC)n1. The molecule has 150 valence electrons. The van der Waals surface area contributed by atoms with Crippen LogP contribution in [0.4, 0.5) is 17.3 Å². The first-order valence-corrected chi connectivity index (χ1v) is 9.27. The number of carbonyl (C=O) groups excluding carboxylic acids is 1. The van der Waals surface area contributed by atoms with E-state index in [9.17, 15) is 4.79 Å². The molecule has 2 N–H and O–H groups in total. The second-order valence-corrected chi connectivity index (χ2v) is 6.37. The number of hydrogen-bond donors (Lipinski definition) is 2. The topological polar surface area (TPSA) is 85.4 Å². The summed E-state index contributed by atoms with van der Waals surface area (Å²) in [7, 11) is 3.10. The molecule has 29 heavy (non-hydrogen) atoms. The Labute approximate surface area is 170 Å². The number of nitrogens with one attached hydrogen (secondary N) is 2.